The van der Waals surface area contributed by atoms with Crippen molar-refractivity contribution in [3.8, 4) is 0 Å². The molecule has 1 heterocycles. The molecule has 0 N–H and O–H groups in total. The molecule has 2 nitrogen and oxygen atoms in total. The Balaban J connectivity index is 2.36. The van der Waals surface area contributed by atoms with Crippen molar-refractivity contribution in [1.29, 1.82) is 0 Å². The van der Waals surface area contributed by atoms with E-state index in [0.717, 1.165) is 11.3 Å². The fraction of sp³-hybridized carbons (Fsp3) is 0.462. The van der Waals surface area contributed by atoms with E-state index in [4.69, 9.17) is 4.74 Å². The van der Waals surface area contributed by atoms with Crippen LogP contribution in [0.25, 0.3) is 0 Å². The molecule has 0 spiro atoms. The van der Waals surface area contributed by atoms with Crippen LogP contribution in [0.1, 0.15) is 25.0 Å². The van der Waals surface area contributed by atoms with Gasteiger partial charge in [-0.15, -0.1) is 0 Å². The molecule has 0 aromatic heterocycles. The van der Waals surface area contributed by atoms with Gasteiger partial charge in [-0.1, -0.05) is 12.1 Å². The lowest BCUT2D eigenvalue weighted by Gasteiger charge is -2.18. The molecule has 0 aliphatic carbocycles. The van der Waals surface area contributed by atoms with Gasteiger partial charge in [0.05, 0.1) is 11.1 Å². The van der Waals surface area contributed by atoms with Gasteiger partial charge in [0.1, 0.15) is 12.4 Å². The summed E-state index contributed by atoms with van der Waals surface area (Å²) in [6.07, 6.45) is 2.03. The Morgan fingerprint density at radius 1 is 1.47 bits per heavy atom. The average molecular weight is 253 g/mol. The van der Waals surface area contributed by atoms with Gasteiger partial charge in [-0.25, -0.2) is 9.38 Å². The first-order valence-electron chi connectivity index (χ1n) is 5.53. The number of aliphatic imine (C=N–C) groups is 1. The van der Waals surface area contributed by atoms with Crippen LogP contribution in [0.3, 0.4) is 0 Å². The highest BCUT2D eigenvalue weighted by Gasteiger charge is 2.26. The fourth-order valence-electron chi connectivity index (χ4n) is 1.90. The maximum absolute atomic E-state index is 13.7. The van der Waals surface area contributed by atoms with Crippen LogP contribution < -0.4 is 0 Å². The lowest BCUT2D eigenvalue weighted by atomic mass is 10.1. The second-order valence-electron chi connectivity index (χ2n) is 4.73. The predicted molar refractivity (Wildman–Crippen MR) is 70.2 cm³/mol. The zero-order valence-electron chi connectivity index (χ0n) is 10.3. The van der Waals surface area contributed by atoms with E-state index in [2.05, 4.69) is 4.99 Å². The van der Waals surface area contributed by atoms with Crippen molar-refractivity contribution in [3.05, 3.63) is 35.1 Å². The number of benzene rings is 1. The summed E-state index contributed by atoms with van der Waals surface area (Å²) in [4.78, 5) is 4.53. The van der Waals surface area contributed by atoms with Crippen LogP contribution in [0.4, 0.5) is 4.39 Å². The first-order valence-corrected chi connectivity index (χ1v) is 6.92. The molecule has 0 fully saturated rings. The molecule has 0 amide bonds. The van der Waals surface area contributed by atoms with Crippen molar-refractivity contribution in [2.75, 3.05) is 12.0 Å². The van der Waals surface area contributed by atoms with E-state index in [1.54, 1.807) is 17.8 Å². The molecule has 0 atom stereocenters. The molecule has 0 bridgehead atoms. The van der Waals surface area contributed by atoms with E-state index in [1.165, 1.54) is 6.07 Å². The summed E-state index contributed by atoms with van der Waals surface area (Å²) in [6, 6.07) is 5.03. The molecule has 92 valence electrons. The molecule has 0 saturated carbocycles. The van der Waals surface area contributed by atoms with Crippen molar-refractivity contribution in [3.63, 3.8) is 0 Å². The van der Waals surface area contributed by atoms with Crippen LogP contribution in [-0.4, -0.2) is 23.4 Å². The summed E-state index contributed by atoms with van der Waals surface area (Å²) < 4.78 is 19.2. The van der Waals surface area contributed by atoms with E-state index in [0.29, 0.717) is 18.1 Å². The summed E-state index contributed by atoms with van der Waals surface area (Å²) in [5.41, 5.74) is 1.17. The minimum atomic E-state index is -0.251. The first-order chi connectivity index (χ1) is 8.03. The standard InChI is InChI=1S/C13H16FNOS/c1-13(2,8-17-3)15-12-11-9(7-16-12)5-4-6-10(11)14/h4-6H,7-8H2,1-3H3. The molecule has 0 unspecified atom stereocenters. The second-order valence-corrected chi connectivity index (χ2v) is 5.59. The molecule has 4 heteroatoms. The molecule has 17 heavy (non-hydrogen) atoms. The van der Waals surface area contributed by atoms with Gasteiger partial charge >= 0.3 is 0 Å². The Hall–Kier alpha value is -1.03. The third kappa shape index (κ3) is 2.63. The Kier molecular flexibility index (Phi) is 3.43. The van der Waals surface area contributed by atoms with Gasteiger partial charge in [0.15, 0.2) is 0 Å². The lowest BCUT2D eigenvalue weighted by Crippen LogP contribution is -2.23. The van der Waals surface area contributed by atoms with Crippen LogP contribution in [-0.2, 0) is 11.3 Å². The molecule has 1 aromatic rings. The van der Waals surface area contributed by atoms with Crippen LogP contribution in [0.5, 0.6) is 0 Å². The fourth-order valence-corrected chi connectivity index (χ4v) is 2.67. The average Bonchev–Trinajstić information content (AvgIpc) is 2.62. The number of thioether (sulfide) groups is 1. The van der Waals surface area contributed by atoms with E-state index < -0.39 is 0 Å². The van der Waals surface area contributed by atoms with Gasteiger partial charge in [0, 0.05) is 11.3 Å². The molecule has 1 aliphatic rings. The third-order valence-corrected chi connectivity index (χ3v) is 3.58. The van der Waals surface area contributed by atoms with Gasteiger partial charge in [0.2, 0.25) is 5.90 Å². The van der Waals surface area contributed by atoms with Crippen molar-refractivity contribution in [2.45, 2.75) is 26.0 Å². The van der Waals surface area contributed by atoms with E-state index in [9.17, 15) is 4.39 Å². The molecule has 2 rings (SSSR count). The maximum atomic E-state index is 13.7. The number of nitrogens with zero attached hydrogens (tertiary/aromatic N) is 1. The SMILES string of the molecule is CSCC(C)(C)N=C1OCc2cccc(F)c21. The zero-order chi connectivity index (χ0) is 12.5. The van der Waals surface area contributed by atoms with Gasteiger partial charge in [-0.05, 0) is 26.2 Å². The molecular formula is C13H16FNOS. The molecule has 0 radical (unpaired) electrons. The normalized spacial score (nSPS) is 17.1. The number of rotatable bonds is 3. The van der Waals surface area contributed by atoms with Gasteiger partial charge < -0.3 is 4.74 Å². The number of hydrogen-bond acceptors (Lipinski definition) is 3. The highest BCUT2D eigenvalue weighted by molar-refractivity contribution is 7.98. The largest absolute Gasteiger partial charge is 0.472 e. The number of halogens is 1. The predicted octanol–water partition coefficient (Wildman–Crippen LogP) is 3.24. The van der Waals surface area contributed by atoms with Crippen molar-refractivity contribution < 1.29 is 9.13 Å². The first kappa shape index (κ1) is 12.4. The molecule has 0 saturated heterocycles. The Labute approximate surface area is 105 Å². The van der Waals surface area contributed by atoms with Gasteiger partial charge in [-0.2, -0.15) is 11.8 Å². The highest BCUT2D eigenvalue weighted by Crippen LogP contribution is 2.26. The van der Waals surface area contributed by atoms with Crippen LogP contribution in [0, 0.1) is 5.82 Å². The quantitative estimate of drug-likeness (QED) is 0.824. The van der Waals surface area contributed by atoms with E-state index >= 15 is 0 Å². The minimum Gasteiger partial charge on any atom is -0.472 e. The van der Waals surface area contributed by atoms with Crippen LogP contribution in [0.15, 0.2) is 23.2 Å². The zero-order valence-corrected chi connectivity index (χ0v) is 11.1. The van der Waals surface area contributed by atoms with Gasteiger partial charge in [-0.3, -0.25) is 0 Å². The second kappa shape index (κ2) is 4.69. The lowest BCUT2D eigenvalue weighted by molar-refractivity contribution is 0.307. The van der Waals surface area contributed by atoms with Crippen LogP contribution >= 0.6 is 11.8 Å². The Bertz CT molecular complexity index is 457. The molecule has 1 aliphatic heterocycles. The summed E-state index contributed by atoms with van der Waals surface area (Å²) >= 11 is 1.72. The highest BCUT2D eigenvalue weighted by atomic mass is 32.2. The summed E-state index contributed by atoms with van der Waals surface area (Å²) in [5.74, 6) is 1.07. The Morgan fingerprint density at radius 2 is 2.24 bits per heavy atom. The number of fused-ring (bicyclic) bond motifs is 1. The summed E-state index contributed by atoms with van der Waals surface area (Å²) in [5, 5.41) is 0. The van der Waals surface area contributed by atoms with Crippen molar-refractivity contribution in [1.82, 2.24) is 0 Å². The molecule has 1 aromatic carbocycles. The van der Waals surface area contributed by atoms with E-state index in [-0.39, 0.29) is 11.4 Å². The van der Waals surface area contributed by atoms with Crippen LogP contribution in [0.2, 0.25) is 0 Å². The van der Waals surface area contributed by atoms with E-state index in [1.807, 2.05) is 26.2 Å². The smallest absolute Gasteiger partial charge is 0.220 e. The molecular weight excluding hydrogens is 237 g/mol. The topological polar surface area (TPSA) is 21.6 Å². The number of hydrogen-bond donors (Lipinski definition) is 0. The number of ether oxygens (including phenoxy) is 1. The third-order valence-electron chi connectivity index (χ3n) is 2.58. The van der Waals surface area contributed by atoms with Crippen molar-refractivity contribution >= 4 is 17.7 Å². The minimum absolute atomic E-state index is 0.237. The summed E-state index contributed by atoms with van der Waals surface area (Å²) in [6.45, 7) is 4.47. The monoisotopic (exact) mass is 253 g/mol. The van der Waals surface area contributed by atoms with Crippen molar-refractivity contribution in [2.24, 2.45) is 4.99 Å². The van der Waals surface area contributed by atoms with Gasteiger partial charge in [0.25, 0.3) is 0 Å². The maximum Gasteiger partial charge on any atom is 0.220 e. The summed E-state index contributed by atoms with van der Waals surface area (Å²) in [7, 11) is 0. The Morgan fingerprint density at radius 3 is 2.94 bits per heavy atom.